The molecule has 0 spiro atoms. The van der Waals surface area contributed by atoms with Gasteiger partial charge in [-0.15, -0.1) is 0 Å². The monoisotopic (exact) mass is 372 g/mol. The molecule has 4 aromatic rings. The highest BCUT2D eigenvalue weighted by atomic mass is 16.5. The van der Waals surface area contributed by atoms with Crippen LogP contribution in [0.2, 0.25) is 0 Å². The van der Waals surface area contributed by atoms with Gasteiger partial charge in [-0.05, 0) is 68.1 Å². The summed E-state index contributed by atoms with van der Waals surface area (Å²) in [5.41, 5.74) is 6.13. The maximum Gasteiger partial charge on any atom is 0.282 e. The maximum atomic E-state index is 12.4. The molecule has 6 nitrogen and oxygen atoms in total. The Morgan fingerprint density at radius 3 is 2.36 bits per heavy atom. The largest absolute Gasteiger partial charge is 0.332 e. The summed E-state index contributed by atoms with van der Waals surface area (Å²) in [6, 6.07) is 13.5. The van der Waals surface area contributed by atoms with E-state index < -0.39 is 0 Å². The third kappa shape index (κ3) is 3.36. The lowest BCUT2D eigenvalue weighted by Crippen LogP contribution is -2.13. The molecule has 0 N–H and O–H groups in total. The molecule has 0 atom stereocenters. The predicted molar refractivity (Wildman–Crippen MR) is 108 cm³/mol. The topological polar surface area (TPSA) is 73.8 Å². The Kier molecular flexibility index (Phi) is 4.39. The molecule has 0 aliphatic rings. The first-order chi connectivity index (χ1) is 13.4. The number of aryl methyl sites for hydroxylation is 4. The lowest BCUT2D eigenvalue weighted by atomic mass is 10.1. The summed E-state index contributed by atoms with van der Waals surface area (Å²) in [6.07, 6.45) is 1.64. The standard InChI is InChI=1S/C22H20N4O2/c1-13-9-14(2)11-18(10-13)26-8-7-19(27)20(24-26)22-23-21(25-28-22)17-6-5-15(3)16(4)12-17/h5-12H,1-4H3. The van der Waals surface area contributed by atoms with Crippen LogP contribution in [0.1, 0.15) is 22.3 Å². The van der Waals surface area contributed by atoms with Gasteiger partial charge in [0.05, 0.1) is 5.69 Å². The fourth-order valence-electron chi connectivity index (χ4n) is 3.10. The number of hydrogen-bond acceptors (Lipinski definition) is 5. The van der Waals surface area contributed by atoms with Crippen LogP contribution >= 0.6 is 0 Å². The van der Waals surface area contributed by atoms with Gasteiger partial charge in [0.2, 0.25) is 11.3 Å². The van der Waals surface area contributed by atoms with Gasteiger partial charge in [0.15, 0.2) is 5.69 Å². The molecule has 6 heteroatoms. The van der Waals surface area contributed by atoms with E-state index in [2.05, 4.69) is 21.3 Å². The lowest BCUT2D eigenvalue weighted by Gasteiger charge is -2.08. The first kappa shape index (κ1) is 17.9. The molecule has 2 heterocycles. The molecule has 2 aromatic carbocycles. The van der Waals surface area contributed by atoms with Crippen LogP contribution in [0.5, 0.6) is 0 Å². The average molecular weight is 372 g/mol. The lowest BCUT2D eigenvalue weighted by molar-refractivity contribution is 0.429. The molecule has 0 radical (unpaired) electrons. The zero-order valence-corrected chi connectivity index (χ0v) is 16.2. The number of nitrogens with zero attached hydrogens (tertiary/aromatic N) is 4. The Labute approximate surface area is 162 Å². The second-order valence-electron chi connectivity index (χ2n) is 7.04. The molecule has 0 saturated heterocycles. The molecule has 0 saturated carbocycles. The number of hydrogen-bond donors (Lipinski definition) is 0. The van der Waals surface area contributed by atoms with Gasteiger partial charge in [-0.2, -0.15) is 10.1 Å². The Balaban J connectivity index is 1.76. The molecular weight excluding hydrogens is 352 g/mol. The summed E-state index contributed by atoms with van der Waals surface area (Å²) in [4.78, 5) is 16.8. The molecule has 0 fully saturated rings. The van der Waals surface area contributed by atoms with Gasteiger partial charge < -0.3 is 4.52 Å². The van der Waals surface area contributed by atoms with Crippen molar-refractivity contribution in [3.63, 3.8) is 0 Å². The minimum absolute atomic E-state index is 0.108. The normalized spacial score (nSPS) is 11.0. The first-order valence-electron chi connectivity index (χ1n) is 9.01. The van der Waals surface area contributed by atoms with Crippen molar-refractivity contribution in [2.75, 3.05) is 0 Å². The van der Waals surface area contributed by atoms with Crippen molar-refractivity contribution in [2.24, 2.45) is 0 Å². The summed E-state index contributed by atoms with van der Waals surface area (Å²) in [5, 5.41) is 8.47. The van der Waals surface area contributed by atoms with Crippen molar-refractivity contribution in [1.82, 2.24) is 19.9 Å². The average Bonchev–Trinajstić information content (AvgIpc) is 3.13. The van der Waals surface area contributed by atoms with Crippen LogP contribution in [0.15, 0.2) is 58.0 Å². The van der Waals surface area contributed by atoms with Gasteiger partial charge in [0, 0.05) is 17.8 Å². The third-order valence-corrected chi connectivity index (χ3v) is 4.67. The molecule has 0 unspecified atom stereocenters. The van der Waals surface area contributed by atoms with Crippen LogP contribution < -0.4 is 5.43 Å². The molecule has 0 aliphatic carbocycles. The van der Waals surface area contributed by atoms with Crippen molar-refractivity contribution in [3.05, 3.63) is 81.1 Å². The highest BCUT2D eigenvalue weighted by Gasteiger charge is 2.16. The van der Waals surface area contributed by atoms with E-state index in [0.717, 1.165) is 27.9 Å². The first-order valence-corrected chi connectivity index (χ1v) is 9.01. The smallest absolute Gasteiger partial charge is 0.282 e. The molecular formula is C22H20N4O2. The minimum atomic E-state index is -0.268. The van der Waals surface area contributed by atoms with E-state index >= 15 is 0 Å². The summed E-state index contributed by atoms with van der Waals surface area (Å²) in [7, 11) is 0. The van der Waals surface area contributed by atoms with Gasteiger partial charge in [-0.1, -0.05) is 23.4 Å². The fraction of sp³-hybridized carbons (Fsp3) is 0.182. The highest BCUT2D eigenvalue weighted by Crippen LogP contribution is 2.22. The Morgan fingerprint density at radius 2 is 1.64 bits per heavy atom. The van der Waals surface area contributed by atoms with Gasteiger partial charge in [0.1, 0.15) is 0 Å². The summed E-state index contributed by atoms with van der Waals surface area (Å²) < 4.78 is 7.01. The second-order valence-corrected chi connectivity index (χ2v) is 7.04. The van der Waals surface area contributed by atoms with Crippen molar-refractivity contribution < 1.29 is 4.52 Å². The van der Waals surface area contributed by atoms with E-state index in [1.165, 1.54) is 11.6 Å². The predicted octanol–water partition coefficient (Wildman–Crippen LogP) is 4.18. The zero-order valence-electron chi connectivity index (χ0n) is 16.2. The quantitative estimate of drug-likeness (QED) is 0.539. The van der Waals surface area contributed by atoms with Crippen LogP contribution in [0.3, 0.4) is 0 Å². The van der Waals surface area contributed by atoms with E-state index in [1.54, 1.807) is 10.9 Å². The van der Waals surface area contributed by atoms with Crippen LogP contribution in [-0.2, 0) is 0 Å². The molecule has 0 bridgehead atoms. The van der Waals surface area contributed by atoms with Crippen LogP contribution in [0.25, 0.3) is 28.7 Å². The van der Waals surface area contributed by atoms with E-state index in [-0.39, 0.29) is 17.0 Å². The minimum Gasteiger partial charge on any atom is -0.332 e. The molecule has 2 aromatic heterocycles. The molecule has 4 rings (SSSR count). The molecule has 0 aliphatic heterocycles. The number of rotatable bonds is 3. The highest BCUT2D eigenvalue weighted by molar-refractivity contribution is 5.59. The molecule has 140 valence electrons. The second kappa shape index (κ2) is 6.88. The van der Waals surface area contributed by atoms with Crippen LogP contribution in [0.4, 0.5) is 0 Å². The Hall–Kier alpha value is -3.54. The Bertz CT molecular complexity index is 1220. The number of aromatic nitrogens is 4. The van der Waals surface area contributed by atoms with Gasteiger partial charge in [-0.3, -0.25) is 4.79 Å². The zero-order chi connectivity index (χ0) is 19.8. The SMILES string of the molecule is Cc1cc(C)cc(-n2ccc(=O)c(-c3nc(-c4ccc(C)c(C)c4)no3)n2)c1. The van der Waals surface area contributed by atoms with Crippen molar-refractivity contribution in [2.45, 2.75) is 27.7 Å². The Morgan fingerprint density at radius 1 is 0.893 bits per heavy atom. The van der Waals surface area contributed by atoms with Crippen LogP contribution in [-0.4, -0.2) is 19.9 Å². The van der Waals surface area contributed by atoms with Crippen molar-refractivity contribution in [3.8, 4) is 28.7 Å². The van der Waals surface area contributed by atoms with E-state index in [4.69, 9.17) is 4.52 Å². The van der Waals surface area contributed by atoms with E-state index in [9.17, 15) is 4.79 Å². The van der Waals surface area contributed by atoms with Gasteiger partial charge in [0.25, 0.3) is 5.89 Å². The third-order valence-electron chi connectivity index (χ3n) is 4.67. The van der Waals surface area contributed by atoms with Crippen molar-refractivity contribution in [1.29, 1.82) is 0 Å². The van der Waals surface area contributed by atoms with Crippen LogP contribution in [0, 0.1) is 27.7 Å². The van der Waals surface area contributed by atoms with E-state index in [1.807, 2.05) is 58.0 Å². The summed E-state index contributed by atoms with van der Waals surface area (Å²) in [6.45, 7) is 8.12. The van der Waals surface area contributed by atoms with Gasteiger partial charge in [-0.25, -0.2) is 4.68 Å². The molecule has 0 amide bonds. The maximum absolute atomic E-state index is 12.4. The van der Waals surface area contributed by atoms with Gasteiger partial charge >= 0.3 is 0 Å². The number of benzene rings is 2. The fourth-order valence-corrected chi connectivity index (χ4v) is 3.10. The van der Waals surface area contributed by atoms with E-state index in [0.29, 0.717) is 5.82 Å². The molecule has 28 heavy (non-hydrogen) atoms. The summed E-state index contributed by atoms with van der Waals surface area (Å²) >= 11 is 0. The van der Waals surface area contributed by atoms with Crippen molar-refractivity contribution >= 4 is 0 Å². The summed E-state index contributed by atoms with van der Waals surface area (Å²) in [5.74, 6) is 0.540.